The highest BCUT2D eigenvalue weighted by Gasteiger charge is 2.13. The molecule has 2 aromatic carbocycles. The predicted octanol–water partition coefficient (Wildman–Crippen LogP) is 2.95. The molecule has 0 aliphatic heterocycles. The van der Waals surface area contributed by atoms with Crippen molar-refractivity contribution in [2.24, 2.45) is 0 Å². The van der Waals surface area contributed by atoms with Crippen LogP contribution in [0.4, 0.5) is 4.39 Å². The highest BCUT2D eigenvalue weighted by Crippen LogP contribution is 2.33. The first kappa shape index (κ1) is 12.1. The molecule has 0 unspecified atom stereocenters. The number of carboxylic acid groups (broad SMARTS) is 1. The normalized spacial score (nSPS) is 10.5. The van der Waals surface area contributed by atoms with Crippen LogP contribution in [-0.4, -0.2) is 16.2 Å². The van der Waals surface area contributed by atoms with E-state index < -0.39 is 11.8 Å². The van der Waals surface area contributed by atoms with Crippen molar-refractivity contribution in [2.45, 2.75) is 6.42 Å². The number of fused-ring (bicyclic) bond motifs is 1. The Kier molecular flexibility index (Phi) is 3.02. The van der Waals surface area contributed by atoms with Crippen LogP contribution in [0.2, 0.25) is 0 Å². The zero-order chi connectivity index (χ0) is 13.3. The van der Waals surface area contributed by atoms with Crippen molar-refractivity contribution in [1.29, 1.82) is 0 Å². The number of phenolic OH excluding ortho intramolecular Hbond substituents is 1. The molecule has 0 aliphatic carbocycles. The maximum absolute atomic E-state index is 13.1. The summed E-state index contributed by atoms with van der Waals surface area (Å²) in [6.07, 6.45) is 1.15. The summed E-state index contributed by atoms with van der Waals surface area (Å²) in [7, 11) is 0. The average molecular weight is 246 g/mol. The molecule has 0 saturated carbocycles. The van der Waals surface area contributed by atoms with Crippen molar-refractivity contribution in [3.63, 3.8) is 0 Å². The number of benzene rings is 2. The van der Waals surface area contributed by atoms with Crippen LogP contribution >= 0.6 is 0 Å². The smallest absolute Gasteiger partial charge is 0.307 e. The lowest BCUT2D eigenvalue weighted by Crippen LogP contribution is -2.02. The highest BCUT2D eigenvalue weighted by molar-refractivity contribution is 5.93. The first-order valence-corrected chi connectivity index (χ1v) is 5.31. The number of halogens is 1. The summed E-state index contributed by atoms with van der Waals surface area (Å²) in [5.41, 5.74) is 0.782. The number of hydrogen-bond donors (Lipinski definition) is 2. The fourth-order valence-corrected chi connectivity index (χ4v) is 1.96. The molecule has 0 fully saturated rings. The molecule has 18 heavy (non-hydrogen) atoms. The molecule has 0 atom stereocenters. The average Bonchev–Trinajstić information content (AvgIpc) is 2.30. The molecule has 0 heterocycles. The minimum absolute atomic E-state index is 0.141. The molecular formula is C14H11FO3. The summed E-state index contributed by atoms with van der Waals surface area (Å²) >= 11 is 0. The van der Waals surface area contributed by atoms with E-state index in [4.69, 9.17) is 5.11 Å². The van der Waals surface area contributed by atoms with E-state index in [0.29, 0.717) is 21.9 Å². The topological polar surface area (TPSA) is 57.5 Å². The highest BCUT2D eigenvalue weighted by atomic mass is 19.1. The van der Waals surface area contributed by atoms with Crippen molar-refractivity contribution in [1.82, 2.24) is 0 Å². The molecule has 0 aromatic heterocycles. The first-order chi connectivity index (χ1) is 8.52. The van der Waals surface area contributed by atoms with E-state index in [2.05, 4.69) is 6.58 Å². The van der Waals surface area contributed by atoms with Gasteiger partial charge in [0.1, 0.15) is 11.6 Å². The predicted molar refractivity (Wildman–Crippen MR) is 67.0 cm³/mol. The Morgan fingerprint density at radius 1 is 1.39 bits per heavy atom. The van der Waals surface area contributed by atoms with E-state index in [-0.39, 0.29) is 12.2 Å². The van der Waals surface area contributed by atoms with Crippen LogP contribution in [-0.2, 0) is 11.2 Å². The van der Waals surface area contributed by atoms with Gasteiger partial charge < -0.3 is 10.2 Å². The molecule has 0 radical (unpaired) electrons. The van der Waals surface area contributed by atoms with Gasteiger partial charge in [0.15, 0.2) is 0 Å². The molecule has 0 aliphatic rings. The minimum Gasteiger partial charge on any atom is -0.507 e. The summed E-state index contributed by atoms with van der Waals surface area (Å²) in [4.78, 5) is 10.8. The summed E-state index contributed by atoms with van der Waals surface area (Å²) in [6.45, 7) is 3.54. The van der Waals surface area contributed by atoms with Crippen LogP contribution in [0, 0.1) is 5.82 Å². The monoisotopic (exact) mass is 246 g/mol. The quantitative estimate of drug-likeness (QED) is 0.875. The van der Waals surface area contributed by atoms with Gasteiger partial charge in [-0.1, -0.05) is 18.7 Å². The molecule has 0 saturated heterocycles. The lowest BCUT2D eigenvalue weighted by Gasteiger charge is -2.10. The largest absolute Gasteiger partial charge is 0.507 e. The minimum atomic E-state index is -1.00. The van der Waals surface area contributed by atoms with Crippen molar-refractivity contribution in [3.8, 4) is 5.75 Å². The van der Waals surface area contributed by atoms with Crippen molar-refractivity contribution < 1.29 is 19.4 Å². The van der Waals surface area contributed by atoms with Crippen LogP contribution in [0.25, 0.3) is 16.8 Å². The van der Waals surface area contributed by atoms with Crippen molar-refractivity contribution in [2.75, 3.05) is 0 Å². The van der Waals surface area contributed by atoms with Gasteiger partial charge in [-0.25, -0.2) is 4.39 Å². The number of carbonyl (C=O) groups is 1. The fourth-order valence-electron chi connectivity index (χ4n) is 1.96. The summed E-state index contributed by atoms with van der Waals surface area (Å²) in [5, 5.41) is 19.8. The zero-order valence-corrected chi connectivity index (χ0v) is 9.48. The molecule has 4 heteroatoms. The molecule has 92 valence electrons. The third-order valence-corrected chi connectivity index (χ3v) is 2.75. The summed E-state index contributed by atoms with van der Waals surface area (Å²) < 4.78 is 13.1. The number of aromatic hydroxyl groups is 1. The van der Waals surface area contributed by atoms with Crippen molar-refractivity contribution >= 4 is 22.8 Å². The molecule has 2 rings (SSSR count). The Hall–Kier alpha value is -2.36. The Labute approximate surface area is 103 Å². The van der Waals surface area contributed by atoms with Crippen LogP contribution in [0.15, 0.2) is 30.8 Å². The van der Waals surface area contributed by atoms with E-state index in [0.717, 1.165) is 0 Å². The van der Waals surface area contributed by atoms with Gasteiger partial charge in [-0.15, -0.1) is 0 Å². The van der Waals surface area contributed by atoms with E-state index in [1.54, 1.807) is 6.07 Å². The van der Waals surface area contributed by atoms with Gasteiger partial charge in [0.25, 0.3) is 0 Å². The number of aliphatic carboxylic acids is 1. The molecule has 0 bridgehead atoms. The number of rotatable bonds is 3. The number of phenols is 1. The first-order valence-electron chi connectivity index (χ1n) is 5.31. The van der Waals surface area contributed by atoms with E-state index >= 15 is 0 Å². The second kappa shape index (κ2) is 4.49. The van der Waals surface area contributed by atoms with E-state index in [1.807, 2.05) is 0 Å². The van der Waals surface area contributed by atoms with Gasteiger partial charge in [-0.05, 0) is 29.1 Å². The van der Waals surface area contributed by atoms with Crippen molar-refractivity contribution in [3.05, 3.63) is 47.8 Å². The maximum Gasteiger partial charge on any atom is 0.307 e. The molecule has 2 aromatic rings. The lowest BCUT2D eigenvalue weighted by molar-refractivity contribution is -0.136. The standard InChI is InChI=1S/C14H11FO3/c1-2-11-9(6-13(16)17)5-8-3-4-10(15)7-12(8)14(11)18/h2-5,7,18H,1,6H2,(H,16,17). The lowest BCUT2D eigenvalue weighted by atomic mass is 9.97. The van der Waals surface area contributed by atoms with Gasteiger partial charge in [0, 0.05) is 10.9 Å². The maximum atomic E-state index is 13.1. The van der Waals surface area contributed by atoms with E-state index in [9.17, 15) is 14.3 Å². The molecule has 0 amide bonds. The summed E-state index contributed by atoms with van der Waals surface area (Å²) in [5.74, 6) is -1.60. The Morgan fingerprint density at radius 2 is 2.11 bits per heavy atom. The number of carboxylic acids is 1. The molecule has 0 spiro atoms. The summed E-state index contributed by atoms with van der Waals surface area (Å²) in [6, 6.07) is 5.60. The van der Waals surface area contributed by atoms with Crippen LogP contribution in [0.5, 0.6) is 5.75 Å². The van der Waals surface area contributed by atoms with Gasteiger partial charge in [-0.2, -0.15) is 0 Å². The van der Waals surface area contributed by atoms with Crippen LogP contribution in [0.3, 0.4) is 0 Å². The SMILES string of the molecule is C=Cc1c(CC(=O)O)cc2ccc(F)cc2c1O. The van der Waals surface area contributed by atoms with Gasteiger partial charge in [0.05, 0.1) is 6.42 Å². The van der Waals surface area contributed by atoms with Gasteiger partial charge in [0.2, 0.25) is 0 Å². The van der Waals surface area contributed by atoms with Crippen LogP contribution < -0.4 is 0 Å². The second-order valence-corrected chi connectivity index (χ2v) is 3.94. The third-order valence-electron chi connectivity index (χ3n) is 2.75. The zero-order valence-electron chi connectivity index (χ0n) is 9.48. The molecule has 2 N–H and O–H groups in total. The number of hydrogen-bond acceptors (Lipinski definition) is 2. The molecule has 3 nitrogen and oxygen atoms in total. The third kappa shape index (κ3) is 2.05. The Balaban J connectivity index is 2.76. The van der Waals surface area contributed by atoms with Gasteiger partial charge in [-0.3, -0.25) is 4.79 Å². The molecular weight excluding hydrogens is 235 g/mol. The van der Waals surface area contributed by atoms with E-state index in [1.165, 1.54) is 24.3 Å². The van der Waals surface area contributed by atoms with Crippen LogP contribution in [0.1, 0.15) is 11.1 Å². The second-order valence-electron chi connectivity index (χ2n) is 3.94. The Bertz CT molecular complexity index is 647. The van der Waals surface area contributed by atoms with Gasteiger partial charge >= 0.3 is 5.97 Å². The fraction of sp³-hybridized carbons (Fsp3) is 0.0714. The Morgan fingerprint density at radius 3 is 2.72 bits per heavy atom.